The largest absolute Gasteiger partial charge is 0.340 e. The average Bonchev–Trinajstić information content (AvgIpc) is 2.55. The van der Waals surface area contributed by atoms with E-state index in [0.717, 1.165) is 32.8 Å². The van der Waals surface area contributed by atoms with Gasteiger partial charge in [-0.2, -0.15) is 0 Å². The lowest BCUT2D eigenvalue weighted by Crippen LogP contribution is -2.55. The summed E-state index contributed by atoms with van der Waals surface area (Å²) < 4.78 is 0. The van der Waals surface area contributed by atoms with Gasteiger partial charge >= 0.3 is 0 Å². The average molecular weight is 325 g/mol. The van der Waals surface area contributed by atoms with E-state index in [4.69, 9.17) is 0 Å². The van der Waals surface area contributed by atoms with Crippen LogP contribution in [-0.4, -0.2) is 90.6 Å². The molecule has 1 unspecified atom stereocenters. The van der Waals surface area contributed by atoms with Crippen LogP contribution in [0.5, 0.6) is 0 Å². The summed E-state index contributed by atoms with van der Waals surface area (Å²) in [5.74, 6) is 0.796. The second kappa shape index (κ2) is 9.00. The molecule has 2 saturated heterocycles. The van der Waals surface area contributed by atoms with Crippen molar-refractivity contribution in [3.05, 3.63) is 0 Å². The van der Waals surface area contributed by atoms with Gasteiger partial charge in [0.2, 0.25) is 5.91 Å². The van der Waals surface area contributed by atoms with Gasteiger partial charge in [0, 0.05) is 64.8 Å². The van der Waals surface area contributed by atoms with Gasteiger partial charge in [-0.05, 0) is 19.3 Å². The highest BCUT2D eigenvalue weighted by atomic mass is 16.2. The number of carbonyl (C=O) groups is 1. The van der Waals surface area contributed by atoms with Gasteiger partial charge in [0.15, 0.2) is 0 Å². The maximum Gasteiger partial charge on any atom is 0.222 e. The van der Waals surface area contributed by atoms with E-state index in [1.165, 1.54) is 32.6 Å². The van der Waals surface area contributed by atoms with Crippen LogP contribution in [0, 0.1) is 5.92 Å². The lowest BCUT2D eigenvalue weighted by molar-refractivity contribution is -0.134. The van der Waals surface area contributed by atoms with Crippen LogP contribution in [0.3, 0.4) is 0 Å². The Morgan fingerprint density at radius 2 is 1.39 bits per heavy atom. The van der Waals surface area contributed by atoms with Gasteiger partial charge < -0.3 is 4.90 Å². The van der Waals surface area contributed by atoms with Crippen LogP contribution in [0.4, 0.5) is 0 Å². The summed E-state index contributed by atoms with van der Waals surface area (Å²) in [6.45, 7) is 18.5. The first-order chi connectivity index (χ1) is 11.0. The molecule has 0 aromatic rings. The van der Waals surface area contributed by atoms with Crippen molar-refractivity contribution in [1.29, 1.82) is 0 Å². The zero-order valence-electron chi connectivity index (χ0n) is 15.6. The highest BCUT2D eigenvalue weighted by molar-refractivity contribution is 5.76. The first kappa shape index (κ1) is 18.7. The molecule has 1 atom stereocenters. The zero-order valence-corrected chi connectivity index (χ0v) is 15.6. The minimum absolute atomic E-state index is 0.335. The number of hydrogen-bond acceptors (Lipinski definition) is 4. The van der Waals surface area contributed by atoms with E-state index in [1.807, 2.05) is 0 Å². The summed E-state index contributed by atoms with van der Waals surface area (Å²) in [6, 6.07) is 0.715. The fourth-order valence-electron chi connectivity index (χ4n) is 3.50. The number of piperazine rings is 2. The van der Waals surface area contributed by atoms with Crippen LogP contribution in [0.25, 0.3) is 0 Å². The van der Waals surface area contributed by atoms with E-state index in [-0.39, 0.29) is 0 Å². The van der Waals surface area contributed by atoms with Gasteiger partial charge in [-0.1, -0.05) is 20.8 Å². The zero-order chi connectivity index (χ0) is 16.8. The monoisotopic (exact) mass is 324 g/mol. The van der Waals surface area contributed by atoms with Gasteiger partial charge in [0.25, 0.3) is 0 Å². The summed E-state index contributed by atoms with van der Waals surface area (Å²) in [5.41, 5.74) is 0. The highest BCUT2D eigenvalue weighted by Crippen LogP contribution is 2.11. The van der Waals surface area contributed by atoms with Gasteiger partial charge in [-0.15, -0.1) is 0 Å². The van der Waals surface area contributed by atoms with Crippen molar-refractivity contribution in [2.24, 2.45) is 5.92 Å². The second-order valence-corrected chi connectivity index (χ2v) is 7.65. The second-order valence-electron chi connectivity index (χ2n) is 7.65. The van der Waals surface area contributed by atoms with Crippen molar-refractivity contribution in [2.45, 2.75) is 46.6 Å². The Morgan fingerprint density at radius 3 is 1.87 bits per heavy atom. The molecule has 2 aliphatic heterocycles. The standard InChI is InChI=1S/C18H36N4O/c1-5-17(4)21-10-6-19(7-11-21)15-20-8-12-22(13-9-20)18(23)14-16(2)3/h16-17H,5-15H2,1-4H3. The smallest absolute Gasteiger partial charge is 0.222 e. The molecule has 2 rings (SSSR count). The minimum atomic E-state index is 0.335. The Bertz CT molecular complexity index is 358. The summed E-state index contributed by atoms with van der Waals surface area (Å²) in [6.07, 6.45) is 1.93. The molecular formula is C18H36N4O. The predicted octanol–water partition coefficient (Wildman–Crippen LogP) is 1.55. The molecule has 2 heterocycles. The molecule has 0 spiro atoms. The first-order valence-corrected chi connectivity index (χ1v) is 9.46. The number of rotatable bonds is 6. The summed E-state index contributed by atoms with van der Waals surface area (Å²) in [4.78, 5) is 21.9. The minimum Gasteiger partial charge on any atom is -0.340 e. The number of hydrogen-bond donors (Lipinski definition) is 0. The molecule has 134 valence electrons. The van der Waals surface area contributed by atoms with E-state index < -0.39 is 0 Å². The summed E-state index contributed by atoms with van der Waals surface area (Å²) in [5, 5.41) is 0. The van der Waals surface area contributed by atoms with Crippen LogP contribution in [0.1, 0.15) is 40.5 Å². The molecule has 0 aliphatic carbocycles. The number of nitrogens with zero attached hydrogens (tertiary/aromatic N) is 4. The third kappa shape index (κ3) is 5.73. The third-order valence-electron chi connectivity index (χ3n) is 5.33. The lowest BCUT2D eigenvalue weighted by atomic mass is 10.1. The fraction of sp³-hybridized carbons (Fsp3) is 0.944. The van der Waals surface area contributed by atoms with Crippen LogP contribution in [0.15, 0.2) is 0 Å². The molecule has 0 radical (unpaired) electrons. The van der Waals surface area contributed by atoms with Crippen LogP contribution < -0.4 is 0 Å². The normalized spacial score (nSPS) is 23.4. The third-order valence-corrected chi connectivity index (χ3v) is 5.33. The molecule has 23 heavy (non-hydrogen) atoms. The molecule has 0 bridgehead atoms. The molecule has 5 nitrogen and oxygen atoms in total. The Morgan fingerprint density at radius 1 is 0.870 bits per heavy atom. The van der Waals surface area contributed by atoms with Crippen molar-refractivity contribution in [3.8, 4) is 0 Å². The molecule has 0 aromatic carbocycles. The highest BCUT2D eigenvalue weighted by Gasteiger charge is 2.25. The van der Waals surface area contributed by atoms with Gasteiger partial charge in [0.1, 0.15) is 0 Å². The van der Waals surface area contributed by atoms with E-state index in [2.05, 4.69) is 47.3 Å². The van der Waals surface area contributed by atoms with Crippen molar-refractivity contribution in [3.63, 3.8) is 0 Å². The van der Waals surface area contributed by atoms with Crippen molar-refractivity contribution >= 4 is 5.91 Å². The molecular weight excluding hydrogens is 288 g/mol. The van der Waals surface area contributed by atoms with Gasteiger partial charge in [-0.3, -0.25) is 19.5 Å². The SMILES string of the molecule is CCC(C)N1CCN(CN2CCN(C(=O)CC(C)C)CC2)CC1. The predicted molar refractivity (Wildman–Crippen MR) is 95.4 cm³/mol. The maximum absolute atomic E-state index is 12.1. The van der Waals surface area contributed by atoms with E-state index >= 15 is 0 Å². The molecule has 2 fully saturated rings. The number of carbonyl (C=O) groups excluding carboxylic acids is 1. The van der Waals surface area contributed by atoms with Crippen molar-refractivity contribution in [2.75, 3.05) is 59.0 Å². The van der Waals surface area contributed by atoms with Gasteiger partial charge in [-0.25, -0.2) is 0 Å². The Balaban J connectivity index is 1.66. The quantitative estimate of drug-likeness (QED) is 0.741. The first-order valence-electron chi connectivity index (χ1n) is 9.46. The van der Waals surface area contributed by atoms with E-state index in [9.17, 15) is 4.79 Å². The van der Waals surface area contributed by atoms with Crippen molar-refractivity contribution in [1.82, 2.24) is 19.6 Å². The number of amides is 1. The fourth-order valence-corrected chi connectivity index (χ4v) is 3.50. The Kier molecular flexibility index (Phi) is 7.31. The lowest BCUT2D eigenvalue weighted by Gasteiger charge is -2.42. The summed E-state index contributed by atoms with van der Waals surface area (Å²) in [7, 11) is 0. The van der Waals surface area contributed by atoms with Crippen LogP contribution in [0.2, 0.25) is 0 Å². The molecule has 1 amide bonds. The molecule has 5 heteroatoms. The molecule has 0 aromatic heterocycles. The Labute approximate surface area is 142 Å². The van der Waals surface area contributed by atoms with Crippen LogP contribution >= 0.6 is 0 Å². The van der Waals surface area contributed by atoms with E-state index in [0.29, 0.717) is 24.3 Å². The Hall–Kier alpha value is -0.650. The van der Waals surface area contributed by atoms with Gasteiger partial charge in [0.05, 0.1) is 6.67 Å². The molecule has 2 aliphatic rings. The van der Waals surface area contributed by atoms with E-state index in [1.54, 1.807) is 0 Å². The topological polar surface area (TPSA) is 30.0 Å². The molecule has 0 saturated carbocycles. The molecule has 0 N–H and O–H groups in total. The summed E-state index contributed by atoms with van der Waals surface area (Å²) >= 11 is 0. The maximum atomic E-state index is 12.1. The van der Waals surface area contributed by atoms with Crippen molar-refractivity contribution < 1.29 is 4.79 Å². The van der Waals surface area contributed by atoms with Crippen LogP contribution in [-0.2, 0) is 4.79 Å².